The summed E-state index contributed by atoms with van der Waals surface area (Å²) >= 11 is 3.40. The summed E-state index contributed by atoms with van der Waals surface area (Å²) < 4.78 is 6.65. The monoisotopic (exact) mass is 328 g/mol. The molecule has 0 radical (unpaired) electrons. The number of carbonyl (C=O) groups is 1. The molecular formula is C14H21BrN2O2. The van der Waals surface area contributed by atoms with Crippen LogP contribution in [0.15, 0.2) is 28.7 Å². The second-order valence-electron chi connectivity index (χ2n) is 4.40. The summed E-state index contributed by atoms with van der Waals surface area (Å²) in [6, 6.07) is 7.71. The molecule has 0 fully saturated rings. The van der Waals surface area contributed by atoms with E-state index < -0.39 is 0 Å². The minimum Gasteiger partial charge on any atom is -0.492 e. The number of hydrogen-bond donors (Lipinski definition) is 1. The summed E-state index contributed by atoms with van der Waals surface area (Å²) in [6.45, 7) is 4.55. The minimum absolute atomic E-state index is 0.293. The first kappa shape index (κ1) is 16.0. The summed E-state index contributed by atoms with van der Waals surface area (Å²) in [5.74, 6) is 0.530. The topological polar surface area (TPSA) is 55.6 Å². The van der Waals surface area contributed by atoms with Crippen molar-refractivity contribution >= 4 is 21.8 Å². The van der Waals surface area contributed by atoms with Crippen molar-refractivity contribution in [1.82, 2.24) is 4.90 Å². The van der Waals surface area contributed by atoms with Crippen molar-refractivity contribution in [3.63, 3.8) is 0 Å². The van der Waals surface area contributed by atoms with Gasteiger partial charge in [0.1, 0.15) is 12.4 Å². The van der Waals surface area contributed by atoms with Crippen LogP contribution in [-0.2, 0) is 4.79 Å². The molecule has 4 nitrogen and oxygen atoms in total. The Labute approximate surface area is 123 Å². The highest BCUT2D eigenvalue weighted by atomic mass is 79.9. The van der Waals surface area contributed by atoms with Crippen molar-refractivity contribution < 1.29 is 9.53 Å². The van der Waals surface area contributed by atoms with Crippen molar-refractivity contribution in [2.75, 3.05) is 26.2 Å². The zero-order valence-electron chi connectivity index (χ0n) is 11.3. The fourth-order valence-electron chi connectivity index (χ4n) is 1.72. The van der Waals surface area contributed by atoms with Crippen LogP contribution < -0.4 is 10.5 Å². The Hall–Kier alpha value is -1.07. The summed E-state index contributed by atoms with van der Waals surface area (Å²) in [5.41, 5.74) is 5.24. The molecule has 19 heavy (non-hydrogen) atoms. The Balaban J connectivity index is 2.36. The van der Waals surface area contributed by atoms with E-state index in [2.05, 4.69) is 22.9 Å². The predicted molar refractivity (Wildman–Crippen MR) is 80.2 cm³/mol. The molecule has 1 amide bonds. The van der Waals surface area contributed by atoms with Crippen LogP contribution >= 0.6 is 15.9 Å². The van der Waals surface area contributed by atoms with Gasteiger partial charge in [0.05, 0.1) is 6.54 Å². The molecule has 0 atom stereocenters. The van der Waals surface area contributed by atoms with Crippen molar-refractivity contribution in [3.05, 3.63) is 28.7 Å². The average molecular weight is 329 g/mol. The van der Waals surface area contributed by atoms with E-state index in [1.54, 1.807) is 0 Å². The first-order valence-electron chi connectivity index (χ1n) is 6.51. The number of halogens is 1. The fourth-order valence-corrected chi connectivity index (χ4v) is 2.10. The Morgan fingerprint density at radius 3 is 2.84 bits per heavy atom. The SMILES string of the molecule is CCCCN(CCOc1cccc(Br)c1)CC(N)=O. The molecule has 0 unspecified atom stereocenters. The highest BCUT2D eigenvalue weighted by Crippen LogP contribution is 2.17. The highest BCUT2D eigenvalue weighted by Gasteiger charge is 2.07. The molecule has 0 aromatic heterocycles. The maximum atomic E-state index is 11.0. The van der Waals surface area contributed by atoms with Crippen LogP contribution in [0.5, 0.6) is 5.75 Å². The second kappa shape index (κ2) is 8.93. The van der Waals surface area contributed by atoms with Gasteiger partial charge in [0.15, 0.2) is 0 Å². The zero-order chi connectivity index (χ0) is 14.1. The van der Waals surface area contributed by atoms with E-state index in [4.69, 9.17) is 10.5 Å². The average Bonchev–Trinajstić information content (AvgIpc) is 2.35. The van der Waals surface area contributed by atoms with Gasteiger partial charge >= 0.3 is 0 Å². The maximum absolute atomic E-state index is 11.0. The summed E-state index contributed by atoms with van der Waals surface area (Å²) in [6.07, 6.45) is 2.16. The van der Waals surface area contributed by atoms with Gasteiger partial charge in [0.25, 0.3) is 0 Å². The number of nitrogens with zero attached hydrogens (tertiary/aromatic N) is 1. The van der Waals surface area contributed by atoms with E-state index in [1.165, 1.54) is 0 Å². The molecule has 5 heteroatoms. The quantitative estimate of drug-likeness (QED) is 0.757. The van der Waals surface area contributed by atoms with Gasteiger partial charge in [0, 0.05) is 11.0 Å². The summed E-state index contributed by atoms with van der Waals surface area (Å²) in [5, 5.41) is 0. The van der Waals surface area contributed by atoms with Crippen molar-refractivity contribution in [1.29, 1.82) is 0 Å². The molecular weight excluding hydrogens is 308 g/mol. The lowest BCUT2D eigenvalue weighted by Crippen LogP contribution is -2.37. The molecule has 1 rings (SSSR count). The van der Waals surface area contributed by atoms with Gasteiger partial charge in [0.2, 0.25) is 5.91 Å². The molecule has 0 heterocycles. The Morgan fingerprint density at radius 1 is 1.42 bits per heavy atom. The van der Waals surface area contributed by atoms with Crippen LogP contribution in [0.1, 0.15) is 19.8 Å². The van der Waals surface area contributed by atoms with Crippen LogP contribution in [0, 0.1) is 0 Å². The van der Waals surface area contributed by atoms with E-state index in [-0.39, 0.29) is 5.91 Å². The third-order valence-electron chi connectivity index (χ3n) is 2.68. The fraction of sp³-hybridized carbons (Fsp3) is 0.500. The number of amides is 1. The van der Waals surface area contributed by atoms with Gasteiger partial charge in [-0.05, 0) is 31.2 Å². The van der Waals surface area contributed by atoms with Gasteiger partial charge in [-0.2, -0.15) is 0 Å². The molecule has 0 saturated heterocycles. The molecule has 1 aromatic rings. The summed E-state index contributed by atoms with van der Waals surface area (Å²) in [7, 11) is 0. The number of ether oxygens (including phenoxy) is 1. The number of hydrogen-bond acceptors (Lipinski definition) is 3. The molecule has 106 valence electrons. The van der Waals surface area contributed by atoms with Crippen molar-refractivity contribution in [2.45, 2.75) is 19.8 Å². The lowest BCUT2D eigenvalue weighted by molar-refractivity contribution is -0.119. The lowest BCUT2D eigenvalue weighted by atomic mass is 10.3. The Morgan fingerprint density at radius 2 is 2.21 bits per heavy atom. The smallest absolute Gasteiger partial charge is 0.231 e. The largest absolute Gasteiger partial charge is 0.492 e. The van der Waals surface area contributed by atoms with E-state index in [1.807, 2.05) is 29.2 Å². The molecule has 1 aromatic carbocycles. The molecule has 0 aliphatic rings. The molecule has 0 aliphatic carbocycles. The first-order chi connectivity index (χ1) is 9.11. The van der Waals surface area contributed by atoms with Crippen LogP contribution in [0.3, 0.4) is 0 Å². The van der Waals surface area contributed by atoms with Gasteiger partial charge in [-0.25, -0.2) is 0 Å². The molecule has 0 aliphatic heterocycles. The lowest BCUT2D eigenvalue weighted by Gasteiger charge is -2.20. The molecule has 0 saturated carbocycles. The predicted octanol–water partition coefficient (Wildman–Crippen LogP) is 2.42. The van der Waals surface area contributed by atoms with E-state index in [0.717, 1.165) is 29.6 Å². The van der Waals surface area contributed by atoms with Crippen LogP contribution in [0.2, 0.25) is 0 Å². The Kier molecular flexibility index (Phi) is 7.52. The van der Waals surface area contributed by atoms with E-state index >= 15 is 0 Å². The van der Waals surface area contributed by atoms with Crippen LogP contribution in [0.25, 0.3) is 0 Å². The molecule has 0 bridgehead atoms. The summed E-state index contributed by atoms with van der Waals surface area (Å²) in [4.78, 5) is 13.0. The molecule has 2 N–H and O–H groups in total. The highest BCUT2D eigenvalue weighted by molar-refractivity contribution is 9.10. The maximum Gasteiger partial charge on any atom is 0.231 e. The van der Waals surface area contributed by atoms with Crippen molar-refractivity contribution in [3.8, 4) is 5.75 Å². The number of benzene rings is 1. The number of rotatable bonds is 9. The Bertz CT molecular complexity index is 399. The van der Waals surface area contributed by atoms with Gasteiger partial charge in [-0.15, -0.1) is 0 Å². The normalized spacial score (nSPS) is 10.7. The van der Waals surface area contributed by atoms with Gasteiger partial charge in [-0.3, -0.25) is 9.69 Å². The number of nitrogens with two attached hydrogens (primary N) is 1. The number of carbonyl (C=O) groups excluding carboxylic acids is 1. The van der Waals surface area contributed by atoms with Gasteiger partial charge in [-0.1, -0.05) is 35.3 Å². The third kappa shape index (κ3) is 7.18. The van der Waals surface area contributed by atoms with E-state index in [0.29, 0.717) is 19.7 Å². The number of unbranched alkanes of at least 4 members (excludes halogenated alkanes) is 1. The standard InChI is InChI=1S/C14H21BrN2O2/c1-2-3-7-17(11-14(16)18)8-9-19-13-6-4-5-12(15)10-13/h4-6,10H,2-3,7-9,11H2,1H3,(H2,16,18). The van der Waals surface area contributed by atoms with E-state index in [9.17, 15) is 4.79 Å². The third-order valence-corrected chi connectivity index (χ3v) is 3.17. The zero-order valence-corrected chi connectivity index (χ0v) is 12.9. The second-order valence-corrected chi connectivity index (χ2v) is 5.32. The van der Waals surface area contributed by atoms with Gasteiger partial charge < -0.3 is 10.5 Å². The van der Waals surface area contributed by atoms with Crippen LogP contribution in [-0.4, -0.2) is 37.0 Å². The first-order valence-corrected chi connectivity index (χ1v) is 7.30. The minimum atomic E-state index is -0.293. The van der Waals surface area contributed by atoms with Crippen LogP contribution in [0.4, 0.5) is 0 Å². The van der Waals surface area contributed by atoms with Crippen molar-refractivity contribution in [2.24, 2.45) is 5.73 Å². The molecule has 0 spiro atoms. The number of primary amides is 1.